The van der Waals surface area contributed by atoms with Gasteiger partial charge in [-0.05, 0) is 75.2 Å². The molecule has 10 heteroatoms. The molecule has 202 valence electrons. The predicted octanol–water partition coefficient (Wildman–Crippen LogP) is 4.92. The molecule has 0 aliphatic carbocycles. The van der Waals surface area contributed by atoms with Crippen molar-refractivity contribution in [1.29, 1.82) is 0 Å². The molecule has 0 fully saturated rings. The number of amides is 2. The van der Waals surface area contributed by atoms with Gasteiger partial charge in [0.1, 0.15) is 18.4 Å². The van der Waals surface area contributed by atoms with E-state index >= 15 is 0 Å². The molecule has 0 aliphatic heterocycles. The molecule has 0 spiro atoms. The smallest absolute Gasteiger partial charge is 0.264 e. The first-order valence-electron chi connectivity index (χ1n) is 12.1. The summed E-state index contributed by atoms with van der Waals surface area (Å²) in [7, 11) is -4.19. The number of hydrogen-bond donors (Lipinski definition) is 1. The summed E-state index contributed by atoms with van der Waals surface area (Å²) in [6.45, 7) is 6.27. The fourth-order valence-electron chi connectivity index (χ4n) is 3.86. The highest BCUT2D eigenvalue weighted by Crippen LogP contribution is 2.30. The molecule has 3 aromatic rings. The standard InChI is InChI=1S/C28H31ClFN3O4S/c1-19(2)31-28(35)21(4)32(17-22-11-14-24(30)15-12-22)27(34)18-33(26-16-23(29)13-10-20(26)3)38(36,37)25-8-6-5-7-9-25/h5-16,19,21H,17-18H2,1-4H3,(H,31,35)/t21-/m1/s1. The molecule has 0 saturated heterocycles. The van der Waals surface area contributed by atoms with Gasteiger partial charge in [0.15, 0.2) is 0 Å². The molecular formula is C28H31ClFN3O4S. The van der Waals surface area contributed by atoms with Crippen molar-refractivity contribution in [3.63, 3.8) is 0 Å². The fourth-order valence-corrected chi connectivity index (χ4v) is 5.52. The zero-order valence-corrected chi connectivity index (χ0v) is 23.3. The van der Waals surface area contributed by atoms with Crippen molar-refractivity contribution in [3.05, 3.63) is 94.8 Å². The van der Waals surface area contributed by atoms with Gasteiger partial charge >= 0.3 is 0 Å². The van der Waals surface area contributed by atoms with Gasteiger partial charge in [-0.2, -0.15) is 0 Å². The maximum atomic E-state index is 13.8. The average molecular weight is 560 g/mol. The van der Waals surface area contributed by atoms with E-state index in [0.29, 0.717) is 16.1 Å². The number of nitrogens with one attached hydrogen (secondary N) is 1. The Labute approximate surface area is 228 Å². The molecular weight excluding hydrogens is 529 g/mol. The van der Waals surface area contributed by atoms with E-state index in [1.807, 2.05) is 0 Å². The molecule has 0 radical (unpaired) electrons. The lowest BCUT2D eigenvalue weighted by molar-refractivity contribution is -0.139. The zero-order valence-electron chi connectivity index (χ0n) is 21.7. The number of halogens is 2. The van der Waals surface area contributed by atoms with Gasteiger partial charge in [-0.3, -0.25) is 13.9 Å². The Hall–Kier alpha value is -3.43. The number of benzene rings is 3. The third-order valence-corrected chi connectivity index (χ3v) is 7.92. The van der Waals surface area contributed by atoms with E-state index in [1.165, 1.54) is 47.4 Å². The molecule has 0 aromatic heterocycles. The van der Waals surface area contributed by atoms with Crippen LogP contribution in [0.1, 0.15) is 31.9 Å². The van der Waals surface area contributed by atoms with E-state index in [4.69, 9.17) is 11.6 Å². The number of hydrogen-bond acceptors (Lipinski definition) is 4. The number of nitrogens with zero attached hydrogens (tertiary/aromatic N) is 2. The van der Waals surface area contributed by atoms with Gasteiger partial charge in [0.25, 0.3) is 10.0 Å². The summed E-state index contributed by atoms with van der Waals surface area (Å²) in [6.07, 6.45) is 0. The van der Waals surface area contributed by atoms with E-state index in [9.17, 15) is 22.4 Å². The van der Waals surface area contributed by atoms with E-state index in [0.717, 1.165) is 4.31 Å². The first-order chi connectivity index (χ1) is 17.9. The molecule has 0 unspecified atom stereocenters. The van der Waals surface area contributed by atoms with Crippen molar-refractivity contribution in [2.45, 2.75) is 51.2 Å². The number of carbonyl (C=O) groups excluding carboxylic acids is 2. The molecule has 7 nitrogen and oxygen atoms in total. The fraction of sp³-hybridized carbons (Fsp3) is 0.286. The largest absolute Gasteiger partial charge is 0.352 e. The summed E-state index contributed by atoms with van der Waals surface area (Å²) in [5.41, 5.74) is 1.42. The lowest BCUT2D eigenvalue weighted by atomic mass is 10.1. The Bertz CT molecular complexity index is 1380. The Balaban J connectivity index is 2.06. The zero-order chi connectivity index (χ0) is 28.0. The van der Waals surface area contributed by atoms with Gasteiger partial charge < -0.3 is 10.2 Å². The van der Waals surface area contributed by atoms with Crippen LogP contribution in [0.3, 0.4) is 0 Å². The van der Waals surface area contributed by atoms with Crippen LogP contribution >= 0.6 is 11.6 Å². The minimum atomic E-state index is -4.19. The Morgan fingerprint density at radius 1 is 0.974 bits per heavy atom. The third-order valence-electron chi connectivity index (χ3n) is 5.91. The highest BCUT2D eigenvalue weighted by Gasteiger charge is 2.33. The van der Waals surface area contributed by atoms with Crippen LogP contribution in [0.5, 0.6) is 0 Å². The molecule has 0 heterocycles. The molecule has 3 aromatic carbocycles. The SMILES string of the molecule is Cc1ccc(Cl)cc1N(CC(=O)N(Cc1ccc(F)cc1)[C@H](C)C(=O)NC(C)C)S(=O)(=O)c1ccccc1. The number of carbonyl (C=O) groups is 2. The van der Waals surface area contributed by atoms with Crippen molar-refractivity contribution in [2.24, 2.45) is 0 Å². The van der Waals surface area contributed by atoms with Crippen molar-refractivity contribution in [2.75, 3.05) is 10.8 Å². The van der Waals surface area contributed by atoms with Crippen molar-refractivity contribution >= 4 is 39.1 Å². The van der Waals surface area contributed by atoms with Crippen LogP contribution in [-0.4, -0.2) is 43.8 Å². The minimum absolute atomic E-state index is 0.00265. The normalized spacial score (nSPS) is 12.2. The quantitative estimate of drug-likeness (QED) is 0.382. The molecule has 0 aliphatic rings. The van der Waals surface area contributed by atoms with Gasteiger partial charge in [0.05, 0.1) is 10.6 Å². The first kappa shape index (κ1) is 29.1. The number of anilines is 1. The molecule has 0 saturated carbocycles. The van der Waals surface area contributed by atoms with Crippen LogP contribution in [0.15, 0.2) is 77.7 Å². The van der Waals surface area contributed by atoms with Gasteiger partial charge in [-0.1, -0.05) is 48.0 Å². The van der Waals surface area contributed by atoms with Crippen molar-refractivity contribution < 1.29 is 22.4 Å². The summed E-state index contributed by atoms with van der Waals surface area (Å²) in [6, 6.07) is 17.0. The van der Waals surface area contributed by atoms with Crippen LogP contribution in [0, 0.1) is 12.7 Å². The second-order valence-electron chi connectivity index (χ2n) is 9.24. The van der Waals surface area contributed by atoms with Gasteiger partial charge in [-0.25, -0.2) is 12.8 Å². The number of aryl methyl sites for hydroxylation is 1. The molecule has 0 bridgehead atoms. The maximum Gasteiger partial charge on any atom is 0.264 e. The van der Waals surface area contributed by atoms with Crippen LogP contribution < -0.4 is 9.62 Å². The summed E-state index contributed by atoms with van der Waals surface area (Å²) in [4.78, 5) is 28.0. The van der Waals surface area contributed by atoms with Crippen LogP contribution in [0.4, 0.5) is 10.1 Å². The molecule has 3 rings (SSSR count). The molecule has 1 N–H and O–H groups in total. The van der Waals surface area contributed by atoms with Crippen LogP contribution in [0.25, 0.3) is 0 Å². The number of rotatable bonds is 10. The van der Waals surface area contributed by atoms with E-state index in [1.54, 1.807) is 58.0 Å². The highest BCUT2D eigenvalue weighted by atomic mass is 35.5. The van der Waals surface area contributed by atoms with Gasteiger partial charge in [0.2, 0.25) is 11.8 Å². The van der Waals surface area contributed by atoms with Crippen molar-refractivity contribution in [1.82, 2.24) is 10.2 Å². The van der Waals surface area contributed by atoms with Crippen LogP contribution in [-0.2, 0) is 26.2 Å². The summed E-state index contributed by atoms with van der Waals surface area (Å²) < 4.78 is 42.1. The molecule has 1 atom stereocenters. The second-order valence-corrected chi connectivity index (χ2v) is 11.5. The van der Waals surface area contributed by atoms with E-state index < -0.39 is 40.2 Å². The predicted molar refractivity (Wildman–Crippen MR) is 147 cm³/mol. The first-order valence-corrected chi connectivity index (χ1v) is 13.9. The maximum absolute atomic E-state index is 13.8. The summed E-state index contributed by atoms with van der Waals surface area (Å²) in [5.74, 6) is -1.44. The summed E-state index contributed by atoms with van der Waals surface area (Å²) in [5, 5.41) is 3.09. The minimum Gasteiger partial charge on any atom is -0.352 e. The van der Waals surface area contributed by atoms with Crippen LogP contribution in [0.2, 0.25) is 5.02 Å². The van der Waals surface area contributed by atoms with Crippen molar-refractivity contribution in [3.8, 4) is 0 Å². The molecule has 38 heavy (non-hydrogen) atoms. The Morgan fingerprint density at radius 2 is 1.61 bits per heavy atom. The highest BCUT2D eigenvalue weighted by molar-refractivity contribution is 7.92. The monoisotopic (exact) mass is 559 g/mol. The summed E-state index contributed by atoms with van der Waals surface area (Å²) >= 11 is 6.22. The average Bonchev–Trinajstić information content (AvgIpc) is 2.88. The Morgan fingerprint density at radius 3 is 2.21 bits per heavy atom. The van der Waals surface area contributed by atoms with Gasteiger partial charge in [0, 0.05) is 17.6 Å². The molecule has 2 amide bonds. The van der Waals surface area contributed by atoms with E-state index in [-0.39, 0.29) is 23.2 Å². The Kier molecular flexibility index (Phi) is 9.51. The second kappa shape index (κ2) is 12.4. The lowest BCUT2D eigenvalue weighted by Crippen LogP contribution is -2.52. The van der Waals surface area contributed by atoms with E-state index in [2.05, 4.69) is 5.32 Å². The number of sulfonamides is 1. The van der Waals surface area contributed by atoms with Gasteiger partial charge in [-0.15, -0.1) is 0 Å². The lowest BCUT2D eigenvalue weighted by Gasteiger charge is -2.32. The third kappa shape index (κ3) is 7.11. The topological polar surface area (TPSA) is 86.8 Å².